The second kappa shape index (κ2) is 9.62. The number of carbonyl (C=O) groups excluding carboxylic acids is 1. The van der Waals surface area contributed by atoms with E-state index in [1.165, 1.54) is 0 Å². The molecule has 1 heterocycles. The summed E-state index contributed by atoms with van der Waals surface area (Å²) in [6.45, 7) is 4.53. The summed E-state index contributed by atoms with van der Waals surface area (Å²) in [5.74, 6) is 0.846. The smallest absolute Gasteiger partial charge is 0.243 e. The van der Waals surface area contributed by atoms with Crippen molar-refractivity contribution in [3.05, 3.63) is 53.6 Å². The summed E-state index contributed by atoms with van der Waals surface area (Å²) in [6, 6.07) is 12.9. The van der Waals surface area contributed by atoms with Gasteiger partial charge in [-0.25, -0.2) is 8.42 Å². The molecule has 3 rings (SSSR count). The molecule has 0 radical (unpaired) electrons. The van der Waals surface area contributed by atoms with Crippen LogP contribution in [0.1, 0.15) is 49.7 Å². The van der Waals surface area contributed by atoms with Gasteiger partial charge in [-0.15, -0.1) is 0 Å². The number of hydrogen-bond donors (Lipinski definition) is 1. The molecule has 0 aliphatic carbocycles. The van der Waals surface area contributed by atoms with E-state index >= 15 is 0 Å². The maximum atomic E-state index is 13.4. The van der Waals surface area contributed by atoms with Crippen LogP contribution in [0, 0.1) is 6.92 Å². The van der Waals surface area contributed by atoms with Gasteiger partial charge < -0.3 is 10.1 Å². The van der Waals surface area contributed by atoms with Crippen molar-refractivity contribution >= 4 is 21.6 Å². The lowest BCUT2D eigenvalue weighted by atomic mass is 9.94. The van der Waals surface area contributed by atoms with E-state index < -0.39 is 10.0 Å². The summed E-state index contributed by atoms with van der Waals surface area (Å²) in [4.78, 5) is 11.9. The minimum absolute atomic E-state index is 0.0974. The Bertz CT molecular complexity index is 987. The van der Waals surface area contributed by atoms with Gasteiger partial charge in [-0.05, 0) is 67.1 Å². The normalized spacial score (nSPS) is 17.9. The molecule has 0 aromatic heterocycles. The summed E-state index contributed by atoms with van der Waals surface area (Å²) < 4.78 is 33.7. The monoisotopic (exact) mass is 430 g/mol. The van der Waals surface area contributed by atoms with Gasteiger partial charge in [-0.1, -0.05) is 25.5 Å². The molecule has 1 amide bonds. The molecule has 6 nitrogen and oxygen atoms in total. The molecule has 1 aliphatic rings. The zero-order valence-corrected chi connectivity index (χ0v) is 18.7. The van der Waals surface area contributed by atoms with Crippen LogP contribution in [0.15, 0.2) is 47.4 Å². The molecular weight excluding hydrogens is 400 g/mol. The number of benzene rings is 2. The molecule has 2 aromatic rings. The molecule has 0 spiro atoms. The summed E-state index contributed by atoms with van der Waals surface area (Å²) in [7, 11) is -1.99. The first kappa shape index (κ1) is 22.3. The number of anilines is 1. The predicted octanol–water partition coefficient (Wildman–Crippen LogP) is 4.31. The van der Waals surface area contributed by atoms with Gasteiger partial charge in [0.2, 0.25) is 15.9 Å². The molecular formula is C23H30N2O4S. The summed E-state index contributed by atoms with van der Waals surface area (Å²) in [5.41, 5.74) is 2.38. The van der Waals surface area contributed by atoms with Gasteiger partial charge in [0.1, 0.15) is 5.75 Å². The molecule has 1 unspecified atom stereocenters. The second-order valence-corrected chi connectivity index (χ2v) is 9.62. The van der Waals surface area contributed by atoms with Crippen molar-refractivity contribution in [1.82, 2.24) is 4.31 Å². The summed E-state index contributed by atoms with van der Waals surface area (Å²) >= 11 is 0. The lowest BCUT2D eigenvalue weighted by molar-refractivity contribution is -0.115. The van der Waals surface area contributed by atoms with E-state index in [1.54, 1.807) is 43.5 Å². The van der Waals surface area contributed by atoms with Gasteiger partial charge in [0.05, 0.1) is 12.0 Å². The van der Waals surface area contributed by atoms with E-state index in [2.05, 4.69) is 5.32 Å². The number of carbonyl (C=O) groups is 1. The van der Waals surface area contributed by atoms with Crippen molar-refractivity contribution in [2.24, 2.45) is 0 Å². The fourth-order valence-electron chi connectivity index (χ4n) is 3.88. The number of aryl methyl sites for hydroxylation is 1. The van der Waals surface area contributed by atoms with Crippen LogP contribution in [0.3, 0.4) is 0 Å². The van der Waals surface area contributed by atoms with Crippen LogP contribution in [-0.4, -0.2) is 38.8 Å². The number of sulfonamides is 1. The first-order valence-electron chi connectivity index (χ1n) is 10.4. The molecule has 1 aliphatic heterocycles. The Morgan fingerprint density at radius 3 is 2.53 bits per heavy atom. The number of methoxy groups -OCH3 is 1. The number of rotatable bonds is 6. The first-order valence-corrected chi connectivity index (χ1v) is 11.8. The third-order valence-corrected chi connectivity index (χ3v) is 7.64. The average molecular weight is 431 g/mol. The van der Waals surface area contributed by atoms with Gasteiger partial charge in [-0.3, -0.25) is 4.79 Å². The molecule has 7 heteroatoms. The number of nitrogens with one attached hydrogen (secondary N) is 1. The Hall–Kier alpha value is -2.38. The van der Waals surface area contributed by atoms with E-state index in [4.69, 9.17) is 4.74 Å². The Morgan fingerprint density at radius 2 is 1.90 bits per heavy atom. The van der Waals surface area contributed by atoms with E-state index in [0.29, 0.717) is 35.7 Å². The van der Waals surface area contributed by atoms with E-state index in [0.717, 1.165) is 30.6 Å². The van der Waals surface area contributed by atoms with Gasteiger partial charge >= 0.3 is 0 Å². The zero-order valence-electron chi connectivity index (χ0n) is 17.8. The maximum Gasteiger partial charge on any atom is 0.243 e. The quantitative estimate of drug-likeness (QED) is 0.741. The maximum absolute atomic E-state index is 13.4. The third kappa shape index (κ3) is 5.02. The highest BCUT2D eigenvalue weighted by atomic mass is 32.2. The number of ether oxygens (including phenoxy) is 1. The van der Waals surface area contributed by atoms with Crippen molar-refractivity contribution in [2.75, 3.05) is 25.5 Å². The SMILES string of the molecule is CCC(=O)Nc1ccc(S(=O)(=O)N2CCCCC(c3ccc(OC)cc3)C2)c(C)c1. The lowest BCUT2D eigenvalue weighted by Crippen LogP contribution is -2.34. The molecule has 0 bridgehead atoms. The van der Waals surface area contributed by atoms with Crippen molar-refractivity contribution < 1.29 is 17.9 Å². The van der Waals surface area contributed by atoms with Crippen LogP contribution in [-0.2, 0) is 14.8 Å². The highest BCUT2D eigenvalue weighted by Crippen LogP contribution is 2.32. The molecule has 1 atom stereocenters. The van der Waals surface area contributed by atoms with Crippen LogP contribution in [0.5, 0.6) is 5.75 Å². The molecule has 30 heavy (non-hydrogen) atoms. The van der Waals surface area contributed by atoms with E-state index in [-0.39, 0.29) is 11.8 Å². The van der Waals surface area contributed by atoms with Gasteiger partial charge in [0, 0.05) is 25.2 Å². The Kier molecular flexibility index (Phi) is 7.15. The standard InChI is InChI=1S/C23H30N2O4S/c1-4-23(26)24-20-10-13-22(17(2)15-20)30(27,28)25-14-6-5-7-19(16-25)18-8-11-21(29-3)12-9-18/h8-13,15,19H,4-7,14,16H2,1-3H3,(H,24,26). The Labute approximate surface area is 179 Å². The average Bonchev–Trinajstić information content (AvgIpc) is 3.00. The van der Waals surface area contributed by atoms with Crippen molar-refractivity contribution in [3.63, 3.8) is 0 Å². The third-order valence-electron chi connectivity index (χ3n) is 5.62. The minimum Gasteiger partial charge on any atom is -0.497 e. The highest BCUT2D eigenvalue weighted by Gasteiger charge is 2.30. The van der Waals surface area contributed by atoms with Crippen LogP contribution in [0.2, 0.25) is 0 Å². The van der Waals surface area contributed by atoms with Gasteiger partial charge in [0.15, 0.2) is 0 Å². The number of amides is 1. The van der Waals surface area contributed by atoms with E-state index in [9.17, 15) is 13.2 Å². The molecule has 1 saturated heterocycles. The largest absolute Gasteiger partial charge is 0.497 e. The Balaban J connectivity index is 1.84. The Morgan fingerprint density at radius 1 is 1.17 bits per heavy atom. The lowest BCUT2D eigenvalue weighted by Gasteiger charge is -2.25. The fourth-order valence-corrected chi connectivity index (χ4v) is 5.61. The topological polar surface area (TPSA) is 75.7 Å². The summed E-state index contributed by atoms with van der Waals surface area (Å²) in [6.07, 6.45) is 3.16. The van der Waals surface area contributed by atoms with Crippen LogP contribution < -0.4 is 10.1 Å². The van der Waals surface area contributed by atoms with Crippen molar-refractivity contribution in [1.29, 1.82) is 0 Å². The van der Waals surface area contributed by atoms with Gasteiger partial charge in [0.25, 0.3) is 0 Å². The fraction of sp³-hybridized carbons (Fsp3) is 0.435. The number of hydrogen-bond acceptors (Lipinski definition) is 4. The second-order valence-electron chi connectivity index (χ2n) is 7.71. The first-order chi connectivity index (χ1) is 14.3. The predicted molar refractivity (Wildman–Crippen MR) is 118 cm³/mol. The minimum atomic E-state index is -3.62. The van der Waals surface area contributed by atoms with Crippen LogP contribution in [0.25, 0.3) is 0 Å². The van der Waals surface area contributed by atoms with Crippen molar-refractivity contribution in [2.45, 2.75) is 50.3 Å². The van der Waals surface area contributed by atoms with Crippen molar-refractivity contribution in [3.8, 4) is 5.75 Å². The zero-order chi connectivity index (χ0) is 21.7. The molecule has 2 aromatic carbocycles. The van der Waals surface area contributed by atoms with E-state index in [1.807, 2.05) is 24.3 Å². The van der Waals surface area contributed by atoms with Gasteiger partial charge in [-0.2, -0.15) is 4.31 Å². The summed E-state index contributed by atoms with van der Waals surface area (Å²) in [5, 5.41) is 2.78. The molecule has 1 fully saturated rings. The van der Waals surface area contributed by atoms with Crippen LogP contribution >= 0.6 is 0 Å². The highest BCUT2D eigenvalue weighted by molar-refractivity contribution is 7.89. The molecule has 1 N–H and O–H groups in total. The van der Waals surface area contributed by atoms with Crippen LogP contribution in [0.4, 0.5) is 5.69 Å². The number of nitrogens with zero attached hydrogens (tertiary/aromatic N) is 1. The molecule has 162 valence electrons. The molecule has 0 saturated carbocycles.